The van der Waals surface area contributed by atoms with E-state index in [4.69, 9.17) is 0 Å². The fraction of sp³-hybridized carbons (Fsp3) is 0.308. The number of hydrogen-bond donors (Lipinski definition) is 3. The van der Waals surface area contributed by atoms with Crippen LogP contribution >= 0.6 is 11.3 Å². The molecule has 194 valence electrons. The maximum absolute atomic E-state index is 13.7. The highest BCUT2D eigenvalue weighted by Gasteiger charge is 2.26. The molecule has 0 saturated heterocycles. The number of thiazole rings is 1. The minimum absolute atomic E-state index is 0.223. The lowest BCUT2D eigenvalue weighted by molar-refractivity contribution is -0.129. The lowest BCUT2D eigenvalue weighted by Crippen LogP contribution is -2.30. The highest BCUT2D eigenvalue weighted by atomic mass is 32.1. The molecule has 37 heavy (non-hydrogen) atoms. The molecule has 3 aromatic rings. The number of anilines is 2. The number of nitrogens with one attached hydrogen (secondary N) is 3. The van der Waals surface area contributed by atoms with Gasteiger partial charge in [-0.1, -0.05) is 12.1 Å². The second-order valence-electron chi connectivity index (χ2n) is 8.99. The van der Waals surface area contributed by atoms with E-state index in [0.29, 0.717) is 30.2 Å². The van der Waals surface area contributed by atoms with Gasteiger partial charge in [0.1, 0.15) is 5.82 Å². The third kappa shape index (κ3) is 6.94. The van der Waals surface area contributed by atoms with Crippen LogP contribution in [0.15, 0.2) is 42.6 Å². The Labute approximate surface area is 215 Å². The van der Waals surface area contributed by atoms with Crippen LogP contribution < -0.4 is 16.0 Å². The highest BCUT2D eigenvalue weighted by Crippen LogP contribution is 2.40. The van der Waals surface area contributed by atoms with Crippen molar-refractivity contribution < 1.29 is 27.6 Å². The molecule has 1 heterocycles. The zero-order chi connectivity index (χ0) is 26.5. The number of carbonyl (C=O) groups excluding carboxylic acids is 3. The van der Waals surface area contributed by atoms with Crippen molar-refractivity contribution in [2.75, 3.05) is 10.6 Å². The van der Waals surface area contributed by atoms with E-state index in [1.807, 2.05) is 18.3 Å². The first-order chi connectivity index (χ1) is 17.7. The van der Waals surface area contributed by atoms with Gasteiger partial charge in [-0.25, -0.2) is 22.9 Å². The molecule has 0 spiro atoms. The van der Waals surface area contributed by atoms with E-state index in [1.165, 1.54) is 6.92 Å². The van der Waals surface area contributed by atoms with Crippen LogP contribution in [0.25, 0.3) is 10.4 Å². The highest BCUT2D eigenvalue weighted by molar-refractivity contribution is 7.15. The fourth-order valence-corrected chi connectivity index (χ4v) is 5.45. The zero-order valence-electron chi connectivity index (χ0n) is 19.9. The molecule has 4 rings (SSSR count). The molecule has 0 unspecified atom stereocenters. The van der Waals surface area contributed by atoms with Gasteiger partial charge >= 0.3 is 6.03 Å². The van der Waals surface area contributed by atoms with E-state index in [9.17, 15) is 27.6 Å². The van der Waals surface area contributed by atoms with Crippen molar-refractivity contribution in [2.45, 2.75) is 44.9 Å². The maximum atomic E-state index is 13.7. The number of imide groups is 1. The van der Waals surface area contributed by atoms with Gasteiger partial charge in [0.25, 0.3) is 0 Å². The number of amides is 4. The summed E-state index contributed by atoms with van der Waals surface area (Å²) in [5.41, 5.74) is 0.871. The predicted molar refractivity (Wildman–Crippen MR) is 135 cm³/mol. The van der Waals surface area contributed by atoms with Crippen LogP contribution in [0.5, 0.6) is 0 Å². The Morgan fingerprint density at radius 3 is 2.30 bits per heavy atom. The van der Waals surface area contributed by atoms with Gasteiger partial charge in [-0.05, 0) is 49.3 Å². The lowest BCUT2D eigenvalue weighted by atomic mass is 9.80. The Balaban J connectivity index is 1.30. The topological polar surface area (TPSA) is 100 Å². The molecule has 1 aromatic heterocycles. The van der Waals surface area contributed by atoms with Gasteiger partial charge in [0.15, 0.2) is 11.6 Å². The zero-order valence-corrected chi connectivity index (χ0v) is 20.8. The summed E-state index contributed by atoms with van der Waals surface area (Å²) >= 11 is 1.60. The first-order valence-corrected chi connectivity index (χ1v) is 12.6. The van der Waals surface area contributed by atoms with Crippen molar-refractivity contribution in [3.63, 3.8) is 0 Å². The smallest absolute Gasteiger partial charge is 0.308 e. The molecule has 0 atom stereocenters. The third-order valence-electron chi connectivity index (χ3n) is 6.19. The normalized spacial score (nSPS) is 17.2. The predicted octanol–water partition coefficient (Wildman–Crippen LogP) is 6.20. The molecule has 1 fully saturated rings. The van der Waals surface area contributed by atoms with E-state index < -0.39 is 29.2 Å². The number of aromatic nitrogens is 1. The van der Waals surface area contributed by atoms with Crippen LogP contribution in [0.4, 0.5) is 29.3 Å². The molecular weight excluding hydrogens is 505 g/mol. The molecule has 2 aromatic carbocycles. The number of benzene rings is 2. The molecule has 0 radical (unpaired) electrons. The second kappa shape index (κ2) is 11.5. The Morgan fingerprint density at radius 1 is 0.946 bits per heavy atom. The molecule has 4 amide bonds. The Kier molecular flexibility index (Phi) is 8.22. The van der Waals surface area contributed by atoms with Crippen molar-refractivity contribution in [3.8, 4) is 10.4 Å². The summed E-state index contributed by atoms with van der Waals surface area (Å²) in [6, 6.07) is 7.12. The quantitative estimate of drug-likeness (QED) is 0.331. The second-order valence-corrected chi connectivity index (χ2v) is 10.1. The van der Waals surface area contributed by atoms with Gasteiger partial charge in [0, 0.05) is 43.3 Å². The van der Waals surface area contributed by atoms with Crippen LogP contribution in [0.1, 0.15) is 50.0 Å². The van der Waals surface area contributed by atoms with Gasteiger partial charge < -0.3 is 10.6 Å². The van der Waals surface area contributed by atoms with Crippen molar-refractivity contribution in [1.29, 1.82) is 0 Å². The van der Waals surface area contributed by atoms with Crippen LogP contribution in [0.2, 0.25) is 0 Å². The molecule has 1 saturated carbocycles. The maximum Gasteiger partial charge on any atom is 0.323 e. The molecule has 1 aliphatic rings. The van der Waals surface area contributed by atoms with Crippen molar-refractivity contribution in [3.05, 3.63) is 65.1 Å². The number of hydrogen-bond acceptors (Lipinski definition) is 5. The first kappa shape index (κ1) is 26.3. The van der Waals surface area contributed by atoms with E-state index in [-0.39, 0.29) is 17.7 Å². The molecule has 7 nitrogen and oxygen atoms in total. The van der Waals surface area contributed by atoms with E-state index >= 15 is 0 Å². The number of rotatable bonds is 6. The summed E-state index contributed by atoms with van der Waals surface area (Å²) in [6.07, 6.45) is 5.85. The van der Waals surface area contributed by atoms with Crippen LogP contribution in [-0.4, -0.2) is 22.8 Å². The van der Waals surface area contributed by atoms with Gasteiger partial charge in [-0.3, -0.25) is 14.9 Å². The Morgan fingerprint density at radius 2 is 1.62 bits per heavy atom. The summed E-state index contributed by atoms with van der Waals surface area (Å²) < 4.78 is 40.1. The minimum Gasteiger partial charge on any atom is -0.308 e. The van der Waals surface area contributed by atoms with E-state index in [1.54, 1.807) is 23.5 Å². The van der Waals surface area contributed by atoms with E-state index in [0.717, 1.165) is 41.1 Å². The number of nitrogens with zero attached hydrogens (tertiary/aromatic N) is 1. The van der Waals surface area contributed by atoms with Gasteiger partial charge in [-0.15, -0.1) is 11.3 Å². The number of halogens is 3. The van der Waals surface area contributed by atoms with Crippen LogP contribution in [0.3, 0.4) is 0 Å². The molecule has 0 bridgehead atoms. The molecule has 1 aliphatic carbocycles. The van der Waals surface area contributed by atoms with Crippen molar-refractivity contribution >= 4 is 40.6 Å². The van der Waals surface area contributed by atoms with Gasteiger partial charge in [0.05, 0.1) is 15.6 Å². The van der Waals surface area contributed by atoms with Gasteiger partial charge in [0.2, 0.25) is 11.8 Å². The summed E-state index contributed by atoms with van der Waals surface area (Å²) in [4.78, 5) is 40.6. The van der Waals surface area contributed by atoms with Crippen molar-refractivity contribution in [2.24, 2.45) is 5.92 Å². The van der Waals surface area contributed by atoms with Gasteiger partial charge in [-0.2, -0.15) is 0 Å². The average molecular weight is 531 g/mol. The summed E-state index contributed by atoms with van der Waals surface area (Å²) in [5, 5.41) is 8.05. The summed E-state index contributed by atoms with van der Waals surface area (Å²) in [5.74, 6) is -3.66. The largest absolute Gasteiger partial charge is 0.323 e. The van der Waals surface area contributed by atoms with Crippen LogP contribution in [-0.2, 0) is 9.59 Å². The third-order valence-corrected chi connectivity index (χ3v) is 7.40. The SMILES string of the molecule is CC(=O)NC(=O)CC1CCC(c2ncc(-c3ccc(NC(=O)Nc4cc(F)c(F)cc4F)cc3)s2)CC1. The Hall–Kier alpha value is -3.73. The minimum atomic E-state index is -1.34. The van der Waals surface area contributed by atoms with E-state index in [2.05, 4.69) is 20.9 Å². The molecule has 11 heteroatoms. The molecule has 3 N–H and O–H groups in total. The fourth-order valence-electron chi connectivity index (χ4n) is 4.35. The number of urea groups is 1. The first-order valence-electron chi connectivity index (χ1n) is 11.8. The number of carbonyl (C=O) groups is 3. The van der Waals surface area contributed by atoms with Crippen molar-refractivity contribution in [1.82, 2.24) is 10.3 Å². The monoisotopic (exact) mass is 530 g/mol. The summed E-state index contributed by atoms with van der Waals surface area (Å²) in [6.45, 7) is 1.33. The molecular formula is C26H25F3N4O3S. The lowest BCUT2D eigenvalue weighted by Gasteiger charge is -2.26. The Bertz CT molecular complexity index is 1300. The molecule has 0 aliphatic heterocycles. The van der Waals surface area contributed by atoms with Crippen LogP contribution in [0, 0.1) is 23.4 Å². The standard InChI is InChI=1S/C26H25F3N4O3S/c1-14(34)31-24(35)10-15-2-4-17(5-3-15)25-30-13-23(37-25)16-6-8-18(9-7-16)32-26(36)33-22-12-20(28)19(27)11-21(22)29/h6-9,11-13,15,17H,2-5,10H2,1H3,(H,31,34,35)(H2,32,33,36). The average Bonchev–Trinajstić information content (AvgIpc) is 3.33. The summed E-state index contributed by atoms with van der Waals surface area (Å²) in [7, 11) is 0.